The summed E-state index contributed by atoms with van der Waals surface area (Å²) >= 11 is 6.04. The number of carbonyl (C=O) groups is 2. The molecule has 0 saturated carbocycles. The lowest BCUT2D eigenvalue weighted by Crippen LogP contribution is -2.39. The van der Waals surface area contributed by atoms with Gasteiger partial charge in [0.25, 0.3) is 0 Å². The molecule has 0 aliphatic carbocycles. The molecular formula is C21H24ClN3O4. The van der Waals surface area contributed by atoms with Crippen LogP contribution >= 0.6 is 11.6 Å². The molecule has 0 bridgehead atoms. The molecule has 8 heteroatoms. The van der Waals surface area contributed by atoms with Crippen LogP contribution in [0.1, 0.15) is 18.5 Å². The van der Waals surface area contributed by atoms with Gasteiger partial charge in [-0.15, -0.1) is 0 Å². The topological polar surface area (TPSA) is 79.9 Å². The van der Waals surface area contributed by atoms with Gasteiger partial charge in [0, 0.05) is 0 Å². The summed E-state index contributed by atoms with van der Waals surface area (Å²) in [5.74, 6) is 0.972. The Bertz CT molecular complexity index is 890. The van der Waals surface area contributed by atoms with Gasteiger partial charge >= 0.3 is 0 Å². The van der Waals surface area contributed by atoms with Crippen molar-refractivity contribution in [1.82, 2.24) is 10.2 Å². The van der Waals surface area contributed by atoms with Gasteiger partial charge < -0.3 is 20.1 Å². The fourth-order valence-corrected chi connectivity index (χ4v) is 3.18. The van der Waals surface area contributed by atoms with Crippen LogP contribution in [0, 0.1) is 0 Å². The van der Waals surface area contributed by atoms with Crippen LogP contribution in [0.15, 0.2) is 42.5 Å². The normalized spacial score (nSPS) is 13.7. The van der Waals surface area contributed by atoms with Crippen molar-refractivity contribution in [2.75, 3.05) is 38.7 Å². The molecule has 0 fully saturated rings. The molecular weight excluding hydrogens is 394 g/mol. The van der Waals surface area contributed by atoms with E-state index in [1.165, 1.54) is 0 Å². The molecule has 2 N–H and O–H groups in total. The van der Waals surface area contributed by atoms with Crippen molar-refractivity contribution in [3.63, 3.8) is 0 Å². The summed E-state index contributed by atoms with van der Waals surface area (Å²) in [7, 11) is 1.71. The molecule has 1 atom stereocenters. The summed E-state index contributed by atoms with van der Waals surface area (Å²) in [5.41, 5.74) is 1.46. The lowest BCUT2D eigenvalue weighted by Gasteiger charge is -2.22. The second kappa shape index (κ2) is 9.62. The molecule has 29 heavy (non-hydrogen) atoms. The first-order chi connectivity index (χ1) is 13.9. The van der Waals surface area contributed by atoms with Gasteiger partial charge in [0.1, 0.15) is 13.2 Å². The van der Waals surface area contributed by atoms with E-state index >= 15 is 0 Å². The van der Waals surface area contributed by atoms with Gasteiger partial charge in [-0.05, 0) is 43.8 Å². The van der Waals surface area contributed by atoms with Crippen molar-refractivity contribution in [1.29, 1.82) is 0 Å². The predicted octanol–water partition coefficient (Wildman–Crippen LogP) is 2.86. The first-order valence-corrected chi connectivity index (χ1v) is 9.72. The summed E-state index contributed by atoms with van der Waals surface area (Å²) in [6.07, 6.45) is 0. The van der Waals surface area contributed by atoms with Gasteiger partial charge in [0.05, 0.1) is 29.8 Å². The summed E-state index contributed by atoms with van der Waals surface area (Å²) in [6, 6.07) is 12.4. The highest BCUT2D eigenvalue weighted by molar-refractivity contribution is 6.33. The van der Waals surface area contributed by atoms with Crippen molar-refractivity contribution >= 4 is 29.1 Å². The third-order valence-electron chi connectivity index (χ3n) is 4.42. The second-order valence-electron chi connectivity index (χ2n) is 6.89. The van der Waals surface area contributed by atoms with E-state index in [1.807, 2.05) is 25.1 Å². The molecule has 2 amide bonds. The number of fused-ring (bicyclic) bond motifs is 1. The molecule has 1 aliphatic heterocycles. The minimum Gasteiger partial charge on any atom is -0.486 e. The largest absolute Gasteiger partial charge is 0.486 e. The molecule has 0 saturated heterocycles. The maximum absolute atomic E-state index is 12.4. The van der Waals surface area contributed by atoms with Crippen LogP contribution < -0.4 is 20.1 Å². The van der Waals surface area contributed by atoms with Gasteiger partial charge in [-0.3, -0.25) is 14.5 Å². The number of hydrogen-bond acceptors (Lipinski definition) is 5. The fourth-order valence-electron chi connectivity index (χ4n) is 3.00. The van der Waals surface area contributed by atoms with E-state index in [-0.39, 0.29) is 30.9 Å². The Morgan fingerprint density at radius 1 is 1.07 bits per heavy atom. The second-order valence-corrected chi connectivity index (χ2v) is 7.30. The summed E-state index contributed by atoms with van der Waals surface area (Å²) in [5, 5.41) is 6.14. The quantitative estimate of drug-likeness (QED) is 0.724. The lowest BCUT2D eigenvalue weighted by molar-refractivity contribution is -0.123. The molecule has 1 heterocycles. The zero-order chi connectivity index (χ0) is 20.8. The number of amides is 2. The smallest absolute Gasteiger partial charge is 0.238 e. The lowest BCUT2D eigenvalue weighted by atomic mass is 10.1. The Kier molecular flexibility index (Phi) is 6.95. The number of nitrogens with one attached hydrogen (secondary N) is 2. The Balaban J connectivity index is 1.48. The highest BCUT2D eigenvalue weighted by Crippen LogP contribution is 2.32. The highest BCUT2D eigenvalue weighted by atomic mass is 35.5. The van der Waals surface area contributed by atoms with Gasteiger partial charge in [0.15, 0.2) is 11.5 Å². The Morgan fingerprint density at radius 3 is 2.52 bits per heavy atom. The van der Waals surface area contributed by atoms with E-state index in [0.717, 1.165) is 5.56 Å². The number of likely N-dealkylation sites (N-methyl/N-ethyl adjacent to an activating group) is 1. The molecule has 7 nitrogen and oxygen atoms in total. The van der Waals surface area contributed by atoms with E-state index < -0.39 is 0 Å². The van der Waals surface area contributed by atoms with Crippen LogP contribution in [-0.2, 0) is 9.59 Å². The van der Waals surface area contributed by atoms with E-state index in [4.69, 9.17) is 21.1 Å². The molecule has 3 rings (SSSR count). The zero-order valence-electron chi connectivity index (χ0n) is 16.4. The standard InChI is InChI=1S/C21H24ClN3O4/c1-14(15-7-8-18-19(11-15)29-10-9-28-18)23-20(26)12-25(2)13-21(27)24-17-6-4-3-5-16(17)22/h3-8,11,14H,9-10,12-13H2,1-2H3,(H,23,26)(H,24,27)/t14-/m0/s1. The summed E-state index contributed by atoms with van der Waals surface area (Å²) in [4.78, 5) is 26.2. The summed E-state index contributed by atoms with van der Waals surface area (Å²) < 4.78 is 11.1. The number of anilines is 1. The molecule has 1 aliphatic rings. The first kappa shape index (κ1) is 21.0. The molecule has 2 aromatic rings. The maximum Gasteiger partial charge on any atom is 0.238 e. The van der Waals surface area contributed by atoms with E-state index in [2.05, 4.69) is 10.6 Å². The minimum absolute atomic E-state index is 0.0665. The van der Waals surface area contributed by atoms with Crippen LogP contribution in [0.25, 0.3) is 0 Å². The number of ether oxygens (including phenoxy) is 2. The van der Waals surface area contributed by atoms with Crippen molar-refractivity contribution in [2.45, 2.75) is 13.0 Å². The van der Waals surface area contributed by atoms with E-state index in [1.54, 1.807) is 36.2 Å². The third kappa shape index (κ3) is 5.85. The van der Waals surface area contributed by atoms with Crippen LogP contribution in [0.3, 0.4) is 0 Å². The number of rotatable bonds is 7. The van der Waals surface area contributed by atoms with Gasteiger partial charge in [0.2, 0.25) is 11.8 Å². The molecule has 0 spiro atoms. The third-order valence-corrected chi connectivity index (χ3v) is 4.75. The van der Waals surface area contributed by atoms with Crippen molar-refractivity contribution < 1.29 is 19.1 Å². The van der Waals surface area contributed by atoms with Crippen LogP contribution in [0.2, 0.25) is 5.02 Å². The van der Waals surface area contributed by atoms with Crippen molar-refractivity contribution in [3.05, 3.63) is 53.1 Å². The summed E-state index contributed by atoms with van der Waals surface area (Å²) in [6.45, 7) is 3.10. The SMILES string of the molecule is C[C@H](NC(=O)CN(C)CC(=O)Nc1ccccc1Cl)c1ccc2c(c1)OCCO2. The minimum atomic E-state index is -0.242. The molecule has 0 radical (unpaired) electrons. The first-order valence-electron chi connectivity index (χ1n) is 9.34. The molecule has 0 aromatic heterocycles. The highest BCUT2D eigenvalue weighted by Gasteiger charge is 2.17. The predicted molar refractivity (Wildman–Crippen MR) is 112 cm³/mol. The maximum atomic E-state index is 12.4. The van der Waals surface area contributed by atoms with Crippen molar-refractivity contribution in [3.8, 4) is 11.5 Å². The van der Waals surface area contributed by atoms with E-state index in [9.17, 15) is 9.59 Å². The molecule has 2 aromatic carbocycles. The van der Waals surface area contributed by atoms with E-state index in [0.29, 0.717) is 35.4 Å². The average molecular weight is 418 g/mol. The fraction of sp³-hybridized carbons (Fsp3) is 0.333. The molecule has 154 valence electrons. The monoisotopic (exact) mass is 417 g/mol. The number of nitrogens with zero attached hydrogens (tertiary/aromatic N) is 1. The number of halogens is 1. The van der Waals surface area contributed by atoms with Crippen LogP contribution in [0.4, 0.5) is 5.69 Å². The average Bonchev–Trinajstić information content (AvgIpc) is 2.69. The Hall–Kier alpha value is -2.77. The van der Waals surface area contributed by atoms with Gasteiger partial charge in [-0.25, -0.2) is 0 Å². The van der Waals surface area contributed by atoms with Gasteiger partial charge in [-0.2, -0.15) is 0 Å². The number of hydrogen-bond donors (Lipinski definition) is 2. The van der Waals surface area contributed by atoms with Crippen LogP contribution in [-0.4, -0.2) is 50.1 Å². The van der Waals surface area contributed by atoms with Crippen LogP contribution in [0.5, 0.6) is 11.5 Å². The zero-order valence-corrected chi connectivity index (χ0v) is 17.2. The van der Waals surface area contributed by atoms with Crippen molar-refractivity contribution in [2.24, 2.45) is 0 Å². The number of carbonyl (C=O) groups excluding carboxylic acids is 2. The Labute approximate surface area is 174 Å². The number of para-hydroxylation sites is 1. The number of benzene rings is 2. The molecule has 0 unspecified atom stereocenters. The Morgan fingerprint density at radius 2 is 1.76 bits per heavy atom. The van der Waals surface area contributed by atoms with Gasteiger partial charge in [-0.1, -0.05) is 29.8 Å².